The number of anilines is 1. The number of aromatic hydroxyl groups is 1. The molecule has 0 radical (unpaired) electrons. The Morgan fingerprint density at radius 1 is 1.43 bits per heavy atom. The molecule has 0 aliphatic heterocycles. The smallest absolute Gasteiger partial charge is 0.292 e. The summed E-state index contributed by atoms with van der Waals surface area (Å²) in [5.74, 6) is 0.582. The van der Waals surface area contributed by atoms with Crippen LogP contribution in [0.2, 0.25) is 5.02 Å². The minimum absolute atomic E-state index is 0.0872. The van der Waals surface area contributed by atoms with E-state index in [9.17, 15) is 0 Å². The molecule has 72 valence electrons. The van der Waals surface area contributed by atoms with Crippen molar-refractivity contribution in [1.29, 1.82) is 0 Å². The summed E-state index contributed by atoms with van der Waals surface area (Å²) >= 11 is 5.88. The van der Waals surface area contributed by atoms with Gasteiger partial charge in [-0.1, -0.05) is 11.6 Å². The van der Waals surface area contributed by atoms with E-state index >= 15 is 0 Å². The maximum atomic E-state index is 9.13. The molecule has 4 nitrogen and oxygen atoms in total. The van der Waals surface area contributed by atoms with Crippen molar-refractivity contribution in [2.45, 2.75) is 0 Å². The molecule has 0 aliphatic carbocycles. The van der Waals surface area contributed by atoms with Crippen LogP contribution >= 0.6 is 11.6 Å². The minimum Gasteiger partial charge on any atom is -0.508 e. The fraction of sp³-hybridized carbons (Fsp3) is 0. The van der Waals surface area contributed by atoms with Gasteiger partial charge in [0.25, 0.3) is 6.01 Å². The predicted molar refractivity (Wildman–Crippen MR) is 53.0 cm³/mol. The third-order valence-corrected chi connectivity index (χ3v) is 2.05. The maximum absolute atomic E-state index is 9.13. The van der Waals surface area contributed by atoms with Crippen LogP contribution in [0.15, 0.2) is 28.8 Å². The topological polar surface area (TPSA) is 72.3 Å². The average molecular weight is 211 g/mol. The number of phenols is 1. The highest BCUT2D eigenvalue weighted by Gasteiger charge is 2.08. The first-order valence-corrected chi connectivity index (χ1v) is 4.25. The average Bonchev–Trinajstić information content (AvgIpc) is 2.51. The van der Waals surface area contributed by atoms with Crippen LogP contribution in [0.4, 0.5) is 6.01 Å². The number of rotatable bonds is 1. The Morgan fingerprint density at radius 3 is 2.79 bits per heavy atom. The third kappa shape index (κ3) is 1.52. The highest BCUT2D eigenvalue weighted by Crippen LogP contribution is 2.31. The summed E-state index contributed by atoms with van der Waals surface area (Å²) in [5, 5.41) is 9.52. The van der Waals surface area contributed by atoms with Crippen molar-refractivity contribution >= 4 is 17.6 Å². The van der Waals surface area contributed by atoms with Crippen molar-refractivity contribution in [3.8, 4) is 17.1 Å². The first-order valence-electron chi connectivity index (χ1n) is 3.87. The Hall–Kier alpha value is -1.68. The number of phenolic OH excluding ortho intramolecular Hbond substituents is 1. The van der Waals surface area contributed by atoms with Gasteiger partial charge in [-0.3, -0.25) is 0 Å². The lowest BCUT2D eigenvalue weighted by atomic mass is 10.2. The van der Waals surface area contributed by atoms with E-state index in [-0.39, 0.29) is 11.8 Å². The molecule has 0 aliphatic rings. The first kappa shape index (κ1) is 8.90. The lowest BCUT2D eigenvalue weighted by molar-refractivity contribution is 0.475. The highest BCUT2D eigenvalue weighted by molar-refractivity contribution is 6.33. The zero-order chi connectivity index (χ0) is 10.1. The second-order valence-corrected chi connectivity index (χ2v) is 3.13. The first-order chi connectivity index (χ1) is 6.66. The molecule has 0 spiro atoms. The van der Waals surface area contributed by atoms with Crippen LogP contribution in [-0.2, 0) is 0 Å². The van der Waals surface area contributed by atoms with Crippen molar-refractivity contribution in [2.75, 3.05) is 5.73 Å². The van der Waals surface area contributed by atoms with Crippen molar-refractivity contribution < 1.29 is 9.52 Å². The molecule has 3 N–H and O–H groups in total. The zero-order valence-electron chi connectivity index (χ0n) is 7.07. The van der Waals surface area contributed by atoms with Gasteiger partial charge in [-0.05, 0) is 18.2 Å². The summed E-state index contributed by atoms with van der Waals surface area (Å²) in [6.45, 7) is 0. The minimum atomic E-state index is 0.0872. The fourth-order valence-corrected chi connectivity index (χ4v) is 1.38. The Bertz CT molecular complexity index is 468. The molecule has 1 aromatic heterocycles. The maximum Gasteiger partial charge on any atom is 0.292 e. The van der Waals surface area contributed by atoms with E-state index in [0.717, 1.165) is 0 Å². The summed E-state index contributed by atoms with van der Waals surface area (Å²) < 4.78 is 5.09. The zero-order valence-corrected chi connectivity index (χ0v) is 7.82. The molecule has 0 fully saturated rings. The largest absolute Gasteiger partial charge is 0.508 e. The molecule has 1 heterocycles. The van der Waals surface area contributed by atoms with Crippen molar-refractivity contribution in [3.05, 3.63) is 29.4 Å². The summed E-state index contributed by atoms with van der Waals surface area (Å²) in [6.07, 6.45) is 1.48. The van der Waals surface area contributed by atoms with Gasteiger partial charge in [0, 0.05) is 5.56 Å². The van der Waals surface area contributed by atoms with E-state index in [1.54, 1.807) is 6.07 Å². The van der Waals surface area contributed by atoms with Gasteiger partial charge in [-0.25, -0.2) is 4.98 Å². The third-order valence-electron chi connectivity index (χ3n) is 1.74. The summed E-state index contributed by atoms with van der Waals surface area (Å²) in [4.78, 5) is 3.75. The molecular weight excluding hydrogens is 204 g/mol. The van der Waals surface area contributed by atoms with Crippen LogP contribution in [0.5, 0.6) is 5.75 Å². The SMILES string of the molecule is Nc1ncc(-c2ccc(O)cc2Cl)o1. The molecule has 5 heteroatoms. The lowest BCUT2D eigenvalue weighted by Crippen LogP contribution is -1.80. The van der Waals surface area contributed by atoms with E-state index in [4.69, 9.17) is 26.9 Å². The molecule has 0 amide bonds. The Morgan fingerprint density at radius 2 is 2.21 bits per heavy atom. The van der Waals surface area contributed by atoms with Gasteiger partial charge in [0.15, 0.2) is 5.76 Å². The molecule has 2 aromatic rings. The molecular formula is C9H7ClN2O2. The Labute approximate surface area is 84.9 Å². The van der Waals surface area contributed by atoms with E-state index in [0.29, 0.717) is 16.3 Å². The van der Waals surface area contributed by atoms with E-state index in [1.165, 1.54) is 18.3 Å². The fourth-order valence-electron chi connectivity index (χ4n) is 1.12. The van der Waals surface area contributed by atoms with Crippen LogP contribution < -0.4 is 5.73 Å². The number of oxazole rings is 1. The van der Waals surface area contributed by atoms with Gasteiger partial charge < -0.3 is 15.3 Å². The van der Waals surface area contributed by atoms with Gasteiger partial charge in [0.2, 0.25) is 0 Å². The van der Waals surface area contributed by atoms with E-state index in [1.807, 2.05) is 0 Å². The lowest BCUT2D eigenvalue weighted by Gasteiger charge is -1.99. The number of hydrogen-bond donors (Lipinski definition) is 2. The van der Waals surface area contributed by atoms with Gasteiger partial charge in [-0.2, -0.15) is 0 Å². The molecule has 0 bridgehead atoms. The predicted octanol–water partition coefficient (Wildman–Crippen LogP) is 2.28. The van der Waals surface area contributed by atoms with E-state index in [2.05, 4.69) is 4.98 Å². The van der Waals surface area contributed by atoms with Gasteiger partial charge in [-0.15, -0.1) is 0 Å². The number of nitrogen functional groups attached to an aromatic ring is 1. The van der Waals surface area contributed by atoms with Crippen LogP contribution in [0.1, 0.15) is 0 Å². The van der Waals surface area contributed by atoms with Gasteiger partial charge in [0.1, 0.15) is 5.75 Å². The quantitative estimate of drug-likeness (QED) is 0.758. The molecule has 1 aromatic carbocycles. The number of nitrogens with two attached hydrogens (primary N) is 1. The number of aromatic nitrogens is 1. The summed E-state index contributed by atoms with van der Waals surface area (Å²) in [5.41, 5.74) is 5.97. The number of halogens is 1. The molecule has 2 rings (SSSR count). The molecule has 14 heavy (non-hydrogen) atoms. The Kier molecular flexibility index (Phi) is 2.05. The monoisotopic (exact) mass is 210 g/mol. The molecule has 0 saturated heterocycles. The molecule has 0 atom stereocenters. The number of hydrogen-bond acceptors (Lipinski definition) is 4. The van der Waals surface area contributed by atoms with Gasteiger partial charge >= 0.3 is 0 Å². The van der Waals surface area contributed by atoms with Crippen molar-refractivity contribution in [1.82, 2.24) is 4.98 Å². The van der Waals surface area contributed by atoms with Crippen molar-refractivity contribution in [2.24, 2.45) is 0 Å². The summed E-state index contributed by atoms with van der Waals surface area (Å²) in [6, 6.07) is 4.66. The van der Waals surface area contributed by atoms with Crippen LogP contribution in [-0.4, -0.2) is 10.1 Å². The van der Waals surface area contributed by atoms with Gasteiger partial charge in [0.05, 0.1) is 11.2 Å². The number of benzene rings is 1. The van der Waals surface area contributed by atoms with Crippen LogP contribution in [0, 0.1) is 0 Å². The number of nitrogens with zero attached hydrogens (tertiary/aromatic N) is 1. The van der Waals surface area contributed by atoms with E-state index < -0.39 is 0 Å². The Balaban J connectivity index is 2.52. The van der Waals surface area contributed by atoms with Crippen molar-refractivity contribution in [3.63, 3.8) is 0 Å². The second kappa shape index (κ2) is 3.23. The molecule has 0 unspecified atom stereocenters. The normalized spacial score (nSPS) is 10.4. The standard InChI is InChI=1S/C9H7ClN2O2/c10-7-3-5(13)1-2-6(7)8-4-12-9(11)14-8/h1-4,13H,(H2,11,12). The molecule has 0 saturated carbocycles. The van der Waals surface area contributed by atoms with Crippen LogP contribution in [0.3, 0.4) is 0 Å². The second-order valence-electron chi connectivity index (χ2n) is 2.73. The van der Waals surface area contributed by atoms with Crippen LogP contribution in [0.25, 0.3) is 11.3 Å². The highest BCUT2D eigenvalue weighted by atomic mass is 35.5. The summed E-state index contributed by atoms with van der Waals surface area (Å²) in [7, 11) is 0.